The Bertz CT molecular complexity index is 161. The second kappa shape index (κ2) is 4.79. The molecule has 0 amide bonds. The number of carbonyl (C=O) groups is 1. The Balaban J connectivity index is 3.51. The van der Waals surface area contributed by atoms with Gasteiger partial charge >= 0.3 is 64.2 Å². The first-order chi connectivity index (χ1) is 5.33. The summed E-state index contributed by atoms with van der Waals surface area (Å²) in [6, 6.07) is -0.922. The molecule has 0 radical (unpaired) electrons. The van der Waals surface area contributed by atoms with Crippen LogP contribution < -0.4 is 5.73 Å². The molecule has 0 spiro atoms. The van der Waals surface area contributed by atoms with Crippen molar-refractivity contribution < 1.29 is 14.0 Å². The van der Waals surface area contributed by atoms with Crippen molar-refractivity contribution >= 4 is 20.9 Å². The molecule has 4 heteroatoms. The van der Waals surface area contributed by atoms with E-state index in [9.17, 15) is 4.79 Å². The van der Waals surface area contributed by atoms with Gasteiger partial charge in [-0.25, -0.2) is 0 Å². The molecule has 0 aromatic heterocycles. The molecule has 0 saturated heterocycles. The van der Waals surface area contributed by atoms with Crippen LogP contribution in [0.1, 0.15) is 10.5 Å². The van der Waals surface area contributed by atoms with Crippen LogP contribution in [0.4, 0.5) is 0 Å². The average molecular weight is 199 g/mol. The van der Waals surface area contributed by atoms with Crippen LogP contribution in [-0.2, 0) is 4.79 Å². The van der Waals surface area contributed by atoms with Gasteiger partial charge in [0.25, 0.3) is 0 Å². The molecule has 0 bridgehead atoms. The van der Waals surface area contributed by atoms with Gasteiger partial charge < -0.3 is 0 Å². The molecule has 0 rings (SSSR count). The second-order valence-corrected chi connectivity index (χ2v) is 3.04. The molecular formula is C5H11NO2Se. The van der Waals surface area contributed by atoms with Gasteiger partial charge in [0, 0.05) is 0 Å². The number of aliphatic carboxylic acids is 1. The monoisotopic (exact) mass is 200 g/mol. The SMILES string of the molecule is [2H]C([2H])([2H])[Se]CC[C@H](N)C(=O)O. The summed E-state index contributed by atoms with van der Waals surface area (Å²) in [4.78, 5) is 10.2. The number of rotatable bonds is 4. The molecule has 3 N–H and O–H groups in total. The van der Waals surface area contributed by atoms with Crippen LogP contribution in [0.3, 0.4) is 0 Å². The number of hydrogen-bond acceptors (Lipinski definition) is 2. The Kier molecular flexibility index (Phi) is 2.51. The fraction of sp³-hybridized carbons (Fsp3) is 0.800. The first kappa shape index (κ1) is 4.72. The zero-order valence-corrected chi connectivity index (χ0v) is 6.55. The summed E-state index contributed by atoms with van der Waals surface area (Å²) < 4.78 is 20.6. The molecule has 0 saturated carbocycles. The summed E-state index contributed by atoms with van der Waals surface area (Å²) in [6.07, 6.45) is 0.244. The quantitative estimate of drug-likeness (QED) is 0.624. The van der Waals surface area contributed by atoms with Gasteiger partial charge in [-0.3, -0.25) is 0 Å². The van der Waals surface area contributed by atoms with E-state index >= 15 is 0 Å². The molecule has 0 aromatic rings. The van der Waals surface area contributed by atoms with Crippen LogP contribution in [0.5, 0.6) is 0 Å². The first-order valence-corrected chi connectivity index (χ1v) is 4.52. The second-order valence-electron chi connectivity index (χ2n) is 1.58. The predicted molar refractivity (Wildman–Crippen MR) is 36.7 cm³/mol. The van der Waals surface area contributed by atoms with Crippen molar-refractivity contribution in [2.24, 2.45) is 5.73 Å². The molecule has 9 heavy (non-hydrogen) atoms. The van der Waals surface area contributed by atoms with Crippen molar-refractivity contribution in [3.8, 4) is 0 Å². The van der Waals surface area contributed by atoms with Crippen molar-refractivity contribution in [2.75, 3.05) is 0 Å². The molecule has 3 nitrogen and oxygen atoms in total. The standard InChI is InChI=1S/C5H11NO2Se/c1-9-3-2-4(6)5(7)8/h4H,2-3,6H2,1H3,(H,7,8)/t4-/m0/s1/i1D3. The summed E-state index contributed by atoms with van der Waals surface area (Å²) in [5.74, 6) is -2.98. The van der Waals surface area contributed by atoms with Crippen molar-refractivity contribution in [1.29, 1.82) is 0 Å². The van der Waals surface area contributed by atoms with Crippen LogP contribution in [0, 0.1) is 0 Å². The molecule has 0 unspecified atom stereocenters. The van der Waals surface area contributed by atoms with Crippen molar-refractivity contribution in [1.82, 2.24) is 0 Å². The van der Waals surface area contributed by atoms with Crippen molar-refractivity contribution in [2.45, 2.75) is 23.5 Å². The Morgan fingerprint density at radius 2 is 2.78 bits per heavy atom. The van der Waals surface area contributed by atoms with E-state index in [0.717, 1.165) is 0 Å². The fourth-order valence-electron chi connectivity index (χ4n) is 0.309. The van der Waals surface area contributed by atoms with E-state index in [4.69, 9.17) is 15.0 Å². The third kappa shape index (κ3) is 4.45. The van der Waals surface area contributed by atoms with E-state index in [1.165, 1.54) is 0 Å². The van der Waals surface area contributed by atoms with Gasteiger partial charge in [-0.2, -0.15) is 0 Å². The van der Waals surface area contributed by atoms with E-state index in [1.807, 2.05) is 0 Å². The Morgan fingerprint density at radius 3 is 3.22 bits per heavy atom. The van der Waals surface area contributed by atoms with Gasteiger partial charge in [-0.1, -0.05) is 0 Å². The van der Waals surface area contributed by atoms with Crippen LogP contribution in [0.2, 0.25) is 11.1 Å². The normalized spacial score (nSPS) is 19.4. The van der Waals surface area contributed by atoms with Gasteiger partial charge in [0.05, 0.1) is 0 Å². The van der Waals surface area contributed by atoms with Crippen molar-refractivity contribution in [3.63, 3.8) is 0 Å². The van der Waals surface area contributed by atoms with E-state index in [2.05, 4.69) is 0 Å². The van der Waals surface area contributed by atoms with Gasteiger partial charge in [0.15, 0.2) is 0 Å². The van der Waals surface area contributed by atoms with Crippen LogP contribution >= 0.6 is 0 Å². The van der Waals surface area contributed by atoms with Gasteiger partial charge in [0.2, 0.25) is 0 Å². The molecule has 54 valence electrons. The van der Waals surface area contributed by atoms with E-state index < -0.39 is 32.7 Å². The molecular weight excluding hydrogens is 185 g/mol. The van der Waals surface area contributed by atoms with E-state index in [0.29, 0.717) is 5.32 Å². The number of nitrogens with two attached hydrogens (primary N) is 1. The van der Waals surface area contributed by atoms with Gasteiger partial charge in [0.1, 0.15) is 0 Å². The third-order valence-electron chi connectivity index (χ3n) is 0.848. The van der Waals surface area contributed by atoms with Crippen molar-refractivity contribution in [3.05, 3.63) is 0 Å². The van der Waals surface area contributed by atoms with Gasteiger partial charge in [-0.15, -0.1) is 0 Å². The molecule has 0 aliphatic rings. The molecule has 0 heterocycles. The predicted octanol–water partition coefficient (Wildman–Crippen LogP) is -0.0410. The fourth-order valence-corrected chi connectivity index (χ4v) is 1.09. The first-order valence-electron chi connectivity index (χ1n) is 3.95. The Hall–Kier alpha value is -0.0505. The molecule has 0 aliphatic carbocycles. The van der Waals surface area contributed by atoms with Crippen LogP contribution in [0.25, 0.3) is 0 Å². The molecule has 1 atom stereocenters. The number of hydrogen-bond donors (Lipinski definition) is 2. The number of carboxylic acid groups (broad SMARTS) is 1. The molecule has 0 aliphatic heterocycles. The summed E-state index contributed by atoms with van der Waals surface area (Å²) in [5, 5.41) is 8.74. The summed E-state index contributed by atoms with van der Waals surface area (Å²) in [5.41, 5.74) is 5.17. The maximum atomic E-state index is 10.2. The minimum absolute atomic E-state index is 0.244. The molecule has 0 aromatic carbocycles. The van der Waals surface area contributed by atoms with E-state index in [-0.39, 0.29) is 6.42 Å². The molecule has 0 fully saturated rings. The third-order valence-corrected chi connectivity index (χ3v) is 1.77. The summed E-state index contributed by atoms with van der Waals surface area (Å²) >= 11 is -0.514. The maximum absolute atomic E-state index is 10.2. The zero-order chi connectivity index (χ0) is 9.78. The van der Waals surface area contributed by atoms with Crippen LogP contribution in [0.15, 0.2) is 0 Å². The van der Waals surface area contributed by atoms with E-state index in [1.54, 1.807) is 0 Å². The minimum atomic E-state index is -1.91. The summed E-state index contributed by atoms with van der Waals surface area (Å²) in [7, 11) is 0. The zero-order valence-electron chi connectivity index (χ0n) is 7.83. The average Bonchev–Trinajstić information content (AvgIpc) is 1.84. The number of carboxylic acids is 1. The Labute approximate surface area is 65.0 Å². The summed E-state index contributed by atoms with van der Waals surface area (Å²) in [6.45, 7) is 0. The topological polar surface area (TPSA) is 63.3 Å². The Morgan fingerprint density at radius 1 is 2.11 bits per heavy atom. The van der Waals surface area contributed by atoms with Crippen LogP contribution in [-0.4, -0.2) is 32.1 Å². The van der Waals surface area contributed by atoms with Gasteiger partial charge in [-0.05, 0) is 0 Å².